The SMILES string of the molecule is COc1ccc(-c2nnc(SCc3noc(-c4ccccc4)n3)n2Cc2ccco2)cc1. The second-order valence-electron chi connectivity index (χ2n) is 6.87. The largest absolute Gasteiger partial charge is 0.497 e. The van der Waals surface area contributed by atoms with Gasteiger partial charge in [0, 0.05) is 11.1 Å². The Labute approximate surface area is 188 Å². The minimum absolute atomic E-state index is 0.495. The van der Waals surface area contributed by atoms with Gasteiger partial charge in [-0.15, -0.1) is 10.2 Å². The summed E-state index contributed by atoms with van der Waals surface area (Å²) in [5, 5.41) is 13.7. The molecule has 0 spiro atoms. The Morgan fingerprint density at radius 2 is 1.78 bits per heavy atom. The van der Waals surface area contributed by atoms with E-state index in [9.17, 15) is 0 Å². The zero-order valence-corrected chi connectivity index (χ0v) is 18.0. The average Bonchev–Trinajstić information content (AvgIpc) is 3.61. The van der Waals surface area contributed by atoms with Crippen molar-refractivity contribution in [3.05, 3.63) is 84.6 Å². The highest BCUT2D eigenvalue weighted by Gasteiger charge is 2.17. The molecule has 3 aromatic heterocycles. The van der Waals surface area contributed by atoms with Crippen molar-refractivity contribution in [1.29, 1.82) is 0 Å². The molecule has 0 amide bonds. The predicted octanol–water partition coefficient (Wildman–Crippen LogP) is 4.94. The van der Waals surface area contributed by atoms with Gasteiger partial charge in [-0.3, -0.25) is 4.57 Å². The number of hydrogen-bond acceptors (Lipinski definition) is 8. The first kappa shape index (κ1) is 20.1. The molecular formula is C23H19N5O3S. The van der Waals surface area contributed by atoms with Crippen LogP contribution in [0.4, 0.5) is 0 Å². The molecule has 0 N–H and O–H groups in total. The van der Waals surface area contributed by atoms with E-state index in [0.29, 0.717) is 24.0 Å². The summed E-state index contributed by atoms with van der Waals surface area (Å²) in [4.78, 5) is 4.50. The molecule has 0 atom stereocenters. The first-order chi connectivity index (χ1) is 15.8. The molecule has 5 rings (SSSR count). The van der Waals surface area contributed by atoms with E-state index >= 15 is 0 Å². The second-order valence-corrected chi connectivity index (χ2v) is 7.81. The molecule has 9 heteroatoms. The lowest BCUT2D eigenvalue weighted by molar-refractivity contribution is 0.415. The fraction of sp³-hybridized carbons (Fsp3) is 0.130. The smallest absolute Gasteiger partial charge is 0.257 e. The molecule has 2 aromatic carbocycles. The van der Waals surface area contributed by atoms with Crippen molar-refractivity contribution in [3.63, 3.8) is 0 Å². The van der Waals surface area contributed by atoms with Crippen LogP contribution in [-0.2, 0) is 12.3 Å². The number of hydrogen-bond donors (Lipinski definition) is 0. The molecule has 0 fully saturated rings. The first-order valence-corrected chi connectivity index (χ1v) is 10.9. The quantitative estimate of drug-likeness (QED) is 0.310. The van der Waals surface area contributed by atoms with Crippen molar-refractivity contribution in [3.8, 4) is 28.6 Å². The summed E-state index contributed by atoms with van der Waals surface area (Å²) in [6, 6.07) is 21.2. The van der Waals surface area contributed by atoms with Gasteiger partial charge in [0.15, 0.2) is 16.8 Å². The lowest BCUT2D eigenvalue weighted by Crippen LogP contribution is -2.03. The van der Waals surface area contributed by atoms with Crippen molar-refractivity contribution in [2.75, 3.05) is 7.11 Å². The molecule has 0 aliphatic carbocycles. The third kappa shape index (κ3) is 4.28. The number of nitrogens with zero attached hydrogens (tertiary/aromatic N) is 5. The lowest BCUT2D eigenvalue weighted by Gasteiger charge is -2.09. The van der Waals surface area contributed by atoms with E-state index in [1.165, 1.54) is 11.8 Å². The summed E-state index contributed by atoms with van der Waals surface area (Å²) >= 11 is 1.49. The normalized spacial score (nSPS) is 11.0. The molecule has 32 heavy (non-hydrogen) atoms. The van der Waals surface area contributed by atoms with Gasteiger partial charge in [0.05, 0.1) is 25.7 Å². The summed E-state index contributed by atoms with van der Waals surface area (Å²) in [7, 11) is 1.64. The summed E-state index contributed by atoms with van der Waals surface area (Å²) in [5.41, 5.74) is 1.82. The number of benzene rings is 2. The van der Waals surface area contributed by atoms with Crippen molar-refractivity contribution in [2.24, 2.45) is 0 Å². The summed E-state index contributed by atoms with van der Waals surface area (Å²) in [6.07, 6.45) is 1.66. The van der Waals surface area contributed by atoms with Crippen LogP contribution >= 0.6 is 11.8 Å². The Balaban J connectivity index is 1.39. The Kier molecular flexibility index (Phi) is 5.71. The minimum Gasteiger partial charge on any atom is -0.497 e. The molecule has 3 heterocycles. The molecule has 0 radical (unpaired) electrons. The maximum Gasteiger partial charge on any atom is 0.257 e. The first-order valence-electron chi connectivity index (χ1n) is 9.91. The highest BCUT2D eigenvalue weighted by atomic mass is 32.2. The van der Waals surface area contributed by atoms with Gasteiger partial charge in [-0.05, 0) is 48.5 Å². The van der Waals surface area contributed by atoms with E-state index in [2.05, 4.69) is 20.3 Å². The van der Waals surface area contributed by atoms with E-state index in [0.717, 1.165) is 33.6 Å². The van der Waals surface area contributed by atoms with Crippen molar-refractivity contribution in [1.82, 2.24) is 24.9 Å². The van der Waals surface area contributed by atoms with Crippen LogP contribution in [0.5, 0.6) is 5.75 Å². The monoisotopic (exact) mass is 445 g/mol. The van der Waals surface area contributed by atoms with E-state index in [-0.39, 0.29) is 0 Å². The van der Waals surface area contributed by atoms with Crippen LogP contribution < -0.4 is 4.74 Å². The number of thioether (sulfide) groups is 1. The van der Waals surface area contributed by atoms with Crippen LogP contribution in [0.15, 0.2) is 87.1 Å². The molecular weight excluding hydrogens is 426 g/mol. The summed E-state index contributed by atoms with van der Waals surface area (Å²) < 4.78 is 18.2. The number of ether oxygens (including phenoxy) is 1. The predicted molar refractivity (Wildman–Crippen MR) is 119 cm³/mol. The molecule has 0 saturated heterocycles. The van der Waals surface area contributed by atoms with Crippen LogP contribution in [0, 0.1) is 0 Å². The van der Waals surface area contributed by atoms with Crippen LogP contribution in [-0.4, -0.2) is 32.0 Å². The topological polar surface area (TPSA) is 92.0 Å². The highest BCUT2D eigenvalue weighted by Crippen LogP contribution is 2.28. The van der Waals surface area contributed by atoms with Gasteiger partial charge in [0.25, 0.3) is 5.89 Å². The Morgan fingerprint density at radius 1 is 0.938 bits per heavy atom. The third-order valence-electron chi connectivity index (χ3n) is 4.78. The van der Waals surface area contributed by atoms with Gasteiger partial charge in [-0.25, -0.2) is 0 Å². The Morgan fingerprint density at radius 3 is 2.53 bits per heavy atom. The fourth-order valence-electron chi connectivity index (χ4n) is 3.19. The van der Waals surface area contributed by atoms with Gasteiger partial charge in [-0.1, -0.05) is 35.1 Å². The van der Waals surface area contributed by atoms with Gasteiger partial charge in [0.2, 0.25) is 0 Å². The maximum atomic E-state index is 5.56. The van der Waals surface area contributed by atoms with Crippen LogP contribution in [0.3, 0.4) is 0 Å². The zero-order chi connectivity index (χ0) is 21.8. The summed E-state index contributed by atoms with van der Waals surface area (Å²) in [5.74, 6) is 3.92. The second kappa shape index (κ2) is 9.11. The number of furan rings is 1. The molecule has 8 nitrogen and oxygen atoms in total. The number of aromatic nitrogens is 5. The zero-order valence-electron chi connectivity index (χ0n) is 17.2. The van der Waals surface area contributed by atoms with Gasteiger partial charge >= 0.3 is 0 Å². The Hall–Kier alpha value is -3.85. The molecule has 5 aromatic rings. The van der Waals surface area contributed by atoms with E-state index in [4.69, 9.17) is 13.7 Å². The molecule has 0 saturated carbocycles. The van der Waals surface area contributed by atoms with Gasteiger partial charge < -0.3 is 13.7 Å². The maximum absolute atomic E-state index is 5.56. The Bertz CT molecular complexity index is 1280. The average molecular weight is 446 g/mol. The highest BCUT2D eigenvalue weighted by molar-refractivity contribution is 7.98. The number of methoxy groups -OCH3 is 1. The molecule has 0 aliphatic heterocycles. The number of rotatable bonds is 8. The lowest BCUT2D eigenvalue weighted by atomic mass is 10.2. The van der Waals surface area contributed by atoms with Crippen molar-refractivity contribution in [2.45, 2.75) is 17.5 Å². The summed E-state index contributed by atoms with van der Waals surface area (Å²) in [6.45, 7) is 0.505. The minimum atomic E-state index is 0.495. The van der Waals surface area contributed by atoms with Crippen LogP contribution in [0.2, 0.25) is 0 Å². The van der Waals surface area contributed by atoms with Crippen LogP contribution in [0.25, 0.3) is 22.8 Å². The van der Waals surface area contributed by atoms with E-state index in [1.54, 1.807) is 13.4 Å². The van der Waals surface area contributed by atoms with E-state index < -0.39 is 0 Å². The standard InChI is InChI=1S/C23H19N5O3S/c1-29-18-11-9-16(10-12-18)21-25-26-23(28(21)14-19-8-5-13-30-19)32-15-20-24-22(31-27-20)17-6-3-2-4-7-17/h2-13H,14-15H2,1H3. The molecule has 0 unspecified atom stereocenters. The molecule has 160 valence electrons. The molecule has 0 bridgehead atoms. The van der Waals surface area contributed by atoms with Gasteiger partial charge in [0.1, 0.15) is 11.5 Å². The third-order valence-corrected chi connectivity index (χ3v) is 5.74. The molecule has 0 aliphatic rings. The fourth-order valence-corrected chi connectivity index (χ4v) is 3.97. The van der Waals surface area contributed by atoms with E-state index in [1.807, 2.05) is 71.3 Å². The van der Waals surface area contributed by atoms with Crippen molar-refractivity contribution >= 4 is 11.8 Å². The van der Waals surface area contributed by atoms with Gasteiger partial charge in [-0.2, -0.15) is 4.98 Å². The van der Waals surface area contributed by atoms with Crippen LogP contribution in [0.1, 0.15) is 11.6 Å². The van der Waals surface area contributed by atoms with Crippen molar-refractivity contribution < 1.29 is 13.7 Å².